The van der Waals surface area contributed by atoms with Gasteiger partial charge in [-0.15, -0.1) is 11.3 Å². The maximum atomic E-state index is 6.61. The highest BCUT2D eigenvalue weighted by molar-refractivity contribution is 7.10. The van der Waals surface area contributed by atoms with Gasteiger partial charge in [0.25, 0.3) is 0 Å². The van der Waals surface area contributed by atoms with Gasteiger partial charge >= 0.3 is 0 Å². The zero-order valence-corrected chi connectivity index (χ0v) is 16.7. The van der Waals surface area contributed by atoms with E-state index in [2.05, 4.69) is 39.0 Å². The van der Waals surface area contributed by atoms with Crippen molar-refractivity contribution < 1.29 is 4.74 Å². The molecule has 0 spiro atoms. The molecule has 29 heavy (non-hydrogen) atoms. The Morgan fingerprint density at radius 1 is 1.03 bits per heavy atom. The van der Waals surface area contributed by atoms with Crippen molar-refractivity contribution in [2.75, 3.05) is 5.32 Å². The third-order valence-corrected chi connectivity index (χ3v) is 6.59. The number of rotatable bonds is 2. The molecule has 2 aliphatic rings. The van der Waals surface area contributed by atoms with Gasteiger partial charge in [0.2, 0.25) is 5.95 Å². The molecular formula is C22H15ClN4OS. The van der Waals surface area contributed by atoms with Crippen molar-refractivity contribution in [1.29, 1.82) is 0 Å². The van der Waals surface area contributed by atoms with Crippen molar-refractivity contribution in [1.82, 2.24) is 14.8 Å². The van der Waals surface area contributed by atoms with Crippen molar-refractivity contribution in [3.05, 3.63) is 99.0 Å². The number of fused-ring (bicyclic) bond motifs is 3. The Kier molecular flexibility index (Phi) is 3.76. The van der Waals surface area contributed by atoms with Gasteiger partial charge in [0.05, 0.1) is 5.70 Å². The molecule has 0 saturated carbocycles. The molecule has 6 rings (SSSR count). The minimum Gasteiger partial charge on any atom is -0.480 e. The number of thiophene rings is 1. The molecule has 142 valence electrons. The summed E-state index contributed by atoms with van der Waals surface area (Å²) in [6, 6.07) is 20.0. The summed E-state index contributed by atoms with van der Waals surface area (Å²) >= 11 is 8.31. The fraction of sp³-hybridized carbons (Fsp3) is 0.0909. The predicted octanol–water partition coefficient (Wildman–Crippen LogP) is 5.55. The highest BCUT2D eigenvalue weighted by Crippen LogP contribution is 2.51. The minimum absolute atomic E-state index is 0.127. The molecule has 0 saturated heterocycles. The Bertz CT molecular complexity index is 1250. The maximum absolute atomic E-state index is 6.61. The van der Waals surface area contributed by atoms with Crippen molar-refractivity contribution >= 4 is 34.6 Å². The number of halogens is 1. The number of aromatic nitrogens is 3. The van der Waals surface area contributed by atoms with Crippen LogP contribution < -0.4 is 10.1 Å². The summed E-state index contributed by atoms with van der Waals surface area (Å²) in [5.74, 6) is 1.54. The van der Waals surface area contributed by atoms with E-state index in [-0.39, 0.29) is 12.1 Å². The van der Waals surface area contributed by atoms with E-state index in [1.165, 1.54) is 4.88 Å². The molecule has 7 heteroatoms. The van der Waals surface area contributed by atoms with Gasteiger partial charge in [-0.05, 0) is 29.6 Å². The summed E-state index contributed by atoms with van der Waals surface area (Å²) in [5, 5.41) is 10.8. The van der Waals surface area contributed by atoms with Crippen LogP contribution >= 0.6 is 22.9 Å². The largest absolute Gasteiger partial charge is 0.480 e. The van der Waals surface area contributed by atoms with Crippen LogP contribution in [0.1, 0.15) is 28.1 Å². The van der Waals surface area contributed by atoms with E-state index in [1.807, 2.05) is 47.1 Å². The molecule has 2 atom stereocenters. The number of nitrogens with zero attached hydrogens (tertiary/aromatic N) is 3. The molecule has 2 aromatic carbocycles. The molecule has 4 aromatic rings. The van der Waals surface area contributed by atoms with Crippen LogP contribution in [0.15, 0.2) is 77.9 Å². The van der Waals surface area contributed by atoms with Crippen LogP contribution in [0.2, 0.25) is 5.02 Å². The van der Waals surface area contributed by atoms with Crippen LogP contribution in [-0.2, 0) is 0 Å². The summed E-state index contributed by atoms with van der Waals surface area (Å²) in [4.78, 5) is 5.61. The zero-order valence-electron chi connectivity index (χ0n) is 15.1. The Hall–Kier alpha value is -3.09. The fourth-order valence-corrected chi connectivity index (χ4v) is 5.15. The number of nitrogens with one attached hydrogen (secondary N) is 1. The van der Waals surface area contributed by atoms with E-state index < -0.39 is 0 Å². The molecule has 2 aromatic heterocycles. The second kappa shape index (κ2) is 6.47. The van der Waals surface area contributed by atoms with Crippen LogP contribution in [-0.4, -0.2) is 14.8 Å². The van der Waals surface area contributed by atoms with E-state index in [0.29, 0.717) is 5.02 Å². The summed E-state index contributed by atoms with van der Waals surface area (Å²) in [6.45, 7) is 0. The number of hydrogen-bond acceptors (Lipinski definition) is 5. The van der Waals surface area contributed by atoms with Gasteiger partial charge in [0.15, 0.2) is 6.10 Å². The second-order valence-electron chi connectivity index (χ2n) is 6.92. The first kappa shape index (κ1) is 16.8. The van der Waals surface area contributed by atoms with Gasteiger partial charge in [-0.3, -0.25) is 0 Å². The van der Waals surface area contributed by atoms with E-state index in [0.717, 1.165) is 34.1 Å². The average Bonchev–Trinajstić information content (AvgIpc) is 3.44. The first-order valence-corrected chi connectivity index (χ1v) is 10.5. The van der Waals surface area contributed by atoms with Crippen LogP contribution in [0.5, 0.6) is 5.75 Å². The third-order valence-electron chi connectivity index (χ3n) is 5.32. The average molecular weight is 419 g/mol. The van der Waals surface area contributed by atoms with E-state index in [1.54, 1.807) is 17.7 Å². The molecule has 2 aliphatic heterocycles. The third kappa shape index (κ3) is 2.53. The summed E-state index contributed by atoms with van der Waals surface area (Å²) in [6.07, 6.45) is 1.24. The predicted molar refractivity (Wildman–Crippen MR) is 114 cm³/mol. The zero-order chi connectivity index (χ0) is 19.4. The van der Waals surface area contributed by atoms with Gasteiger partial charge in [-0.25, -0.2) is 4.68 Å². The lowest BCUT2D eigenvalue weighted by molar-refractivity contribution is 0.223. The van der Waals surface area contributed by atoms with Crippen molar-refractivity contribution in [2.24, 2.45) is 0 Å². The number of anilines is 1. The molecule has 0 amide bonds. The van der Waals surface area contributed by atoms with E-state index in [4.69, 9.17) is 16.3 Å². The normalized spacial score (nSPS) is 19.6. The Morgan fingerprint density at radius 2 is 1.90 bits per heavy atom. The Labute approximate surface area is 176 Å². The molecule has 0 unspecified atom stereocenters. The first-order valence-electron chi connectivity index (χ1n) is 9.26. The van der Waals surface area contributed by atoms with Crippen LogP contribution in [0.4, 0.5) is 5.95 Å². The molecule has 0 bridgehead atoms. The molecule has 0 aliphatic carbocycles. The molecular weight excluding hydrogens is 404 g/mol. The topological polar surface area (TPSA) is 52.0 Å². The standard InChI is InChI=1S/C22H15ClN4OS/c23-15-8-3-1-6-13(15)21-18-19(14-7-2-4-9-16(14)28-21)26-22-24-12-25-27(22)20(18)17-10-5-11-29-17/h1-12,20-21H,(H,24,25,26)/t20-,21+/m0/s1. The number of hydrogen-bond donors (Lipinski definition) is 1. The fourth-order valence-electron chi connectivity index (χ4n) is 4.08. The number of ether oxygens (including phenoxy) is 1. The summed E-state index contributed by atoms with van der Waals surface area (Å²) in [5.41, 5.74) is 4.04. The highest BCUT2D eigenvalue weighted by atomic mass is 35.5. The molecule has 4 heterocycles. The Balaban J connectivity index is 1.66. The molecule has 1 N–H and O–H groups in total. The number of para-hydroxylation sites is 1. The van der Waals surface area contributed by atoms with E-state index in [9.17, 15) is 0 Å². The van der Waals surface area contributed by atoms with Crippen LogP contribution in [0, 0.1) is 0 Å². The lowest BCUT2D eigenvalue weighted by Crippen LogP contribution is -2.32. The molecule has 0 fully saturated rings. The van der Waals surface area contributed by atoms with Crippen LogP contribution in [0.25, 0.3) is 5.70 Å². The first-order chi connectivity index (χ1) is 14.3. The van der Waals surface area contributed by atoms with Crippen molar-refractivity contribution in [3.63, 3.8) is 0 Å². The van der Waals surface area contributed by atoms with Crippen molar-refractivity contribution in [2.45, 2.75) is 12.1 Å². The Morgan fingerprint density at radius 3 is 2.76 bits per heavy atom. The lowest BCUT2D eigenvalue weighted by atomic mass is 9.87. The quantitative estimate of drug-likeness (QED) is 0.463. The lowest BCUT2D eigenvalue weighted by Gasteiger charge is -2.38. The summed E-state index contributed by atoms with van der Waals surface area (Å²) < 4.78 is 8.47. The van der Waals surface area contributed by atoms with E-state index >= 15 is 0 Å². The smallest absolute Gasteiger partial charge is 0.226 e. The van der Waals surface area contributed by atoms with Gasteiger partial charge in [-0.2, -0.15) is 10.1 Å². The van der Waals surface area contributed by atoms with Crippen molar-refractivity contribution in [3.8, 4) is 5.75 Å². The SMILES string of the molecule is Clc1ccccc1[C@H]1Oc2ccccc2C2=C1[C@H](c1cccs1)n1ncnc1N2. The number of benzene rings is 2. The van der Waals surface area contributed by atoms with Gasteiger partial charge in [0.1, 0.15) is 18.1 Å². The van der Waals surface area contributed by atoms with Crippen LogP contribution in [0.3, 0.4) is 0 Å². The van der Waals surface area contributed by atoms with Gasteiger partial charge in [0, 0.05) is 26.6 Å². The molecule has 0 radical (unpaired) electrons. The highest BCUT2D eigenvalue weighted by Gasteiger charge is 2.41. The maximum Gasteiger partial charge on any atom is 0.226 e. The summed E-state index contributed by atoms with van der Waals surface area (Å²) in [7, 11) is 0. The van der Waals surface area contributed by atoms with Gasteiger partial charge < -0.3 is 10.1 Å². The molecule has 5 nitrogen and oxygen atoms in total. The second-order valence-corrected chi connectivity index (χ2v) is 8.30. The monoisotopic (exact) mass is 418 g/mol. The minimum atomic E-state index is -0.342. The van der Waals surface area contributed by atoms with Gasteiger partial charge in [-0.1, -0.05) is 48.0 Å².